The Morgan fingerprint density at radius 2 is 1.64 bits per heavy atom. The van der Waals surface area contributed by atoms with Crippen molar-refractivity contribution in [3.05, 3.63) is 84.4 Å². The Morgan fingerprint density at radius 1 is 0.964 bits per heavy atom. The Hall–Kier alpha value is -4.18. The third-order valence-electron chi connectivity index (χ3n) is 8.28. The summed E-state index contributed by atoms with van der Waals surface area (Å²) in [6.07, 6.45) is -2.77. The lowest BCUT2D eigenvalue weighted by Crippen LogP contribution is -2.51. The standard InChI is InChI=1S/C38H53N4O11PS/c1-26(2)22-42(55(47,48)34-17-13-30(39)14-18-34)23-36(43)35(40-38(45)52-33-19-20-49-24-33)21-29-11-15-31(16-12-29)50-25-54(46,53-32-9-7-6-8-10-32)41-28(5)37(44)51-27(3)4/h6-18,26-28,33,35-36,43H,19-25,39H2,1-5H3,(H,40,45)(H,41,46)/t28-,33-,35-,36+,54?/m0/s1. The maximum absolute atomic E-state index is 14.0. The van der Waals surface area contributed by atoms with Crippen molar-refractivity contribution in [2.45, 2.75) is 82.8 Å². The molecule has 15 nitrogen and oxygen atoms in total. The lowest BCUT2D eigenvalue weighted by atomic mass is 10.0. The Kier molecular flexibility index (Phi) is 15.9. The number of nitrogens with zero attached hydrogens (tertiary/aromatic N) is 1. The van der Waals surface area contributed by atoms with E-state index in [0.29, 0.717) is 35.8 Å². The van der Waals surface area contributed by atoms with Crippen molar-refractivity contribution in [1.82, 2.24) is 14.7 Å². The molecule has 1 saturated heterocycles. The Labute approximate surface area is 323 Å². The highest BCUT2D eigenvalue weighted by Crippen LogP contribution is 2.44. The second-order valence-corrected chi connectivity index (χ2v) is 18.0. The molecule has 17 heteroatoms. The smallest absolute Gasteiger partial charge is 0.407 e. The number of esters is 1. The minimum Gasteiger partial charge on any atom is -0.481 e. The van der Waals surface area contributed by atoms with Crippen LogP contribution in [0.25, 0.3) is 0 Å². The number of carbonyl (C=O) groups excluding carboxylic acids is 2. The van der Waals surface area contributed by atoms with Crippen LogP contribution in [0, 0.1) is 5.92 Å². The maximum Gasteiger partial charge on any atom is 0.407 e. The first-order valence-electron chi connectivity index (χ1n) is 18.2. The molecular weight excluding hydrogens is 751 g/mol. The monoisotopic (exact) mass is 804 g/mol. The maximum atomic E-state index is 14.0. The van der Waals surface area contributed by atoms with Crippen molar-refractivity contribution in [3.8, 4) is 11.5 Å². The van der Waals surface area contributed by atoms with Gasteiger partial charge in [-0.15, -0.1) is 0 Å². The second kappa shape index (κ2) is 20.1. The molecule has 1 unspecified atom stereocenters. The van der Waals surface area contributed by atoms with Crippen molar-refractivity contribution >= 4 is 35.3 Å². The third kappa shape index (κ3) is 13.8. The summed E-state index contributed by atoms with van der Waals surface area (Å²) in [6, 6.07) is 19.0. The van der Waals surface area contributed by atoms with Gasteiger partial charge in [0.15, 0.2) is 6.35 Å². The van der Waals surface area contributed by atoms with E-state index >= 15 is 0 Å². The number of alkyl carbamates (subject to hydrolysis) is 1. The quantitative estimate of drug-likeness (QED) is 0.0680. The molecule has 0 aromatic heterocycles. The molecule has 0 radical (unpaired) electrons. The number of para-hydroxylation sites is 1. The average molecular weight is 805 g/mol. The van der Waals surface area contributed by atoms with Gasteiger partial charge in [-0.2, -0.15) is 4.31 Å². The van der Waals surface area contributed by atoms with Crippen LogP contribution in [-0.4, -0.2) is 92.9 Å². The Balaban J connectivity index is 1.51. The molecule has 3 aromatic carbocycles. The zero-order valence-electron chi connectivity index (χ0n) is 31.8. The summed E-state index contributed by atoms with van der Waals surface area (Å²) in [6.45, 7) is 9.17. The number of aliphatic hydroxyl groups is 1. The van der Waals surface area contributed by atoms with Crippen molar-refractivity contribution in [3.63, 3.8) is 0 Å². The number of hydrogen-bond acceptors (Lipinski definition) is 12. The molecule has 0 bridgehead atoms. The molecule has 1 aliphatic rings. The molecule has 4 rings (SSSR count). The number of nitrogens with two attached hydrogens (primary N) is 1. The summed E-state index contributed by atoms with van der Waals surface area (Å²) in [5, 5.41) is 17.1. The molecule has 1 fully saturated rings. The Morgan fingerprint density at radius 3 is 2.24 bits per heavy atom. The lowest BCUT2D eigenvalue weighted by Gasteiger charge is -2.30. The second-order valence-electron chi connectivity index (χ2n) is 14.0. The van der Waals surface area contributed by atoms with E-state index < -0.39 is 60.2 Å². The fourth-order valence-corrected chi connectivity index (χ4v) is 8.87. The average Bonchev–Trinajstić information content (AvgIpc) is 3.63. The largest absolute Gasteiger partial charge is 0.481 e. The van der Waals surface area contributed by atoms with E-state index in [4.69, 9.17) is 29.2 Å². The van der Waals surface area contributed by atoms with Gasteiger partial charge in [0.2, 0.25) is 10.0 Å². The molecule has 1 heterocycles. The van der Waals surface area contributed by atoms with Crippen LogP contribution in [-0.2, 0) is 40.0 Å². The summed E-state index contributed by atoms with van der Waals surface area (Å²) in [5.41, 5.74) is 6.85. The van der Waals surface area contributed by atoms with E-state index in [9.17, 15) is 27.7 Å². The lowest BCUT2D eigenvalue weighted by molar-refractivity contribution is -0.149. The number of benzene rings is 3. The van der Waals surface area contributed by atoms with Crippen LogP contribution >= 0.6 is 7.52 Å². The number of nitrogens with one attached hydrogen (secondary N) is 2. The summed E-state index contributed by atoms with van der Waals surface area (Å²) >= 11 is 0. The number of nitrogen functional groups attached to an aromatic ring is 1. The molecule has 3 aromatic rings. The molecule has 1 aliphatic heterocycles. The van der Waals surface area contributed by atoms with Crippen molar-refractivity contribution < 1.29 is 51.1 Å². The van der Waals surface area contributed by atoms with Crippen molar-refractivity contribution in [2.75, 3.05) is 38.4 Å². The first-order chi connectivity index (χ1) is 26.0. The third-order valence-corrected chi connectivity index (χ3v) is 11.9. The van der Waals surface area contributed by atoms with Crippen LogP contribution in [0.2, 0.25) is 0 Å². The molecule has 55 heavy (non-hydrogen) atoms. The number of ether oxygens (including phenoxy) is 4. The minimum absolute atomic E-state index is 0.0224. The highest BCUT2D eigenvalue weighted by atomic mass is 32.2. The van der Waals surface area contributed by atoms with Crippen LogP contribution in [0.1, 0.15) is 46.6 Å². The van der Waals surface area contributed by atoms with E-state index in [-0.39, 0.29) is 43.0 Å². The molecular formula is C38H53N4O11PS. The van der Waals surface area contributed by atoms with Gasteiger partial charge in [0.05, 0.1) is 36.4 Å². The van der Waals surface area contributed by atoms with Crippen LogP contribution < -0.4 is 25.4 Å². The van der Waals surface area contributed by atoms with Crippen LogP contribution in [0.15, 0.2) is 83.8 Å². The number of amides is 1. The topological polar surface area (TPSA) is 205 Å². The van der Waals surface area contributed by atoms with Gasteiger partial charge in [-0.3, -0.25) is 9.36 Å². The fraction of sp³-hybridized carbons (Fsp3) is 0.474. The van der Waals surface area contributed by atoms with Gasteiger partial charge < -0.3 is 39.6 Å². The highest BCUT2D eigenvalue weighted by molar-refractivity contribution is 7.89. The normalized spacial score (nSPS) is 17.3. The molecule has 0 saturated carbocycles. The predicted molar refractivity (Wildman–Crippen MR) is 207 cm³/mol. The fourth-order valence-electron chi connectivity index (χ4n) is 5.59. The molecule has 0 aliphatic carbocycles. The predicted octanol–water partition coefficient (Wildman–Crippen LogP) is 4.94. The van der Waals surface area contributed by atoms with Crippen molar-refractivity contribution in [2.24, 2.45) is 5.92 Å². The number of hydrogen-bond donors (Lipinski definition) is 4. The molecule has 0 spiro atoms. The van der Waals surface area contributed by atoms with E-state index in [1.807, 2.05) is 13.8 Å². The van der Waals surface area contributed by atoms with Crippen LogP contribution in [0.5, 0.6) is 11.5 Å². The first kappa shape index (κ1) is 43.5. The van der Waals surface area contributed by atoms with E-state index in [1.165, 1.54) is 35.5 Å². The van der Waals surface area contributed by atoms with Gasteiger partial charge in [-0.1, -0.05) is 44.2 Å². The summed E-state index contributed by atoms with van der Waals surface area (Å²) in [7, 11) is -7.88. The number of aliphatic hydroxyl groups excluding tert-OH is 1. The van der Waals surface area contributed by atoms with Gasteiger partial charge in [0.1, 0.15) is 23.6 Å². The number of anilines is 1. The molecule has 302 valence electrons. The van der Waals surface area contributed by atoms with Gasteiger partial charge in [-0.25, -0.2) is 18.3 Å². The van der Waals surface area contributed by atoms with E-state index in [1.54, 1.807) is 68.4 Å². The van der Waals surface area contributed by atoms with Crippen molar-refractivity contribution in [1.29, 1.82) is 0 Å². The molecule has 1 amide bonds. The zero-order valence-corrected chi connectivity index (χ0v) is 33.5. The van der Waals surface area contributed by atoms with Crippen LogP contribution in [0.4, 0.5) is 10.5 Å². The van der Waals surface area contributed by atoms with E-state index in [2.05, 4.69) is 10.4 Å². The zero-order chi connectivity index (χ0) is 40.2. The van der Waals surface area contributed by atoms with Gasteiger partial charge in [0, 0.05) is 25.2 Å². The summed E-state index contributed by atoms with van der Waals surface area (Å²) in [5.74, 6) is -0.0470. The Bertz CT molecular complexity index is 1830. The highest BCUT2D eigenvalue weighted by Gasteiger charge is 2.34. The summed E-state index contributed by atoms with van der Waals surface area (Å²) in [4.78, 5) is 25.6. The first-order valence-corrected chi connectivity index (χ1v) is 21.4. The molecule has 5 atom stereocenters. The van der Waals surface area contributed by atoms with Crippen LogP contribution in [0.3, 0.4) is 0 Å². The number of sulfonamides is 1. The van der Waals surface area contributed by atoms with E-state index in [0.717, 1.165) is 0 Å². The number of rotatable bonds is 20. The molecule has 5 N–H and O–H groups in total. The summed E-state index contributed by atoms with van der Waals surface area (Å²) < 4.78 is 70.4. The minimum atomic E-state index is -4.05. The van der Waals surface area contributed by atoms with Gasteiger partial charge in [0.25, 0.3) is 0 Å². The van der Waals surface area contributed by atoms with Gasteiger partial charge in [-0.05, 0) is 87.2 Å². The number of carbonyl (C=O) groups is 2. The van der Waals surface area contributed by atoms with Gasteiger partial charge >= 0.3 is 19.6 Å². The SMILES string of the molecule is CC(C)CN(C[C@@H](O)[C@H](Cc1ccc(OCP(=O)(N[C@@H](C)C(=O)OC(C)C)Oc2ccccc2)cc1)NC(=O)O[C@H]1CCOC1)S(=O)(=O)c1ccc(N)cc1.